The predicted octanol–water partition coefficient (Wildman–Crippen LogP) is 3.53. The van der Waals surface area contributed by atoms with E-state index in [4.69, 9.17) is 4.42 Å². The number of carbonyl (C=O) groups excluding carboxylic acids is 2. The van der Waals surface area contributed by atoms with Crippen molar-refractivity contribution in [1.29, 1.82) is 0 Å². The Bertz CT molecular complexity index is 1060. The highest BCUT2D eigenvalue weighted by Gasteiger charge is 2.26. The second-order valence-corrected chi connectivity index (χ2v) is 7.97. The number of piperazine rings is 1. The molecule has 0 saturated carbocycles. The van der Waals surface area contributed by atoms with Crippen LogP contribution in [0, 0.1) is 19.7 Å². The Kier molecular flexibility index (Phi) is 6.04. The quantitative estimate of drug-likeness (QED) is 0.569. The van der Waals surface area contributed by atoms with Gasteiger partial charge in [0.05, 0.1) is 12.8 Å². The fraction of sp³-hybridized carbons (Fsp3) is 0.333. The van der Waals surface area contributed by atoms with Gasteiger partial charge in [-0.2, -0.15) is 0 Å². The van der Waals surface area contributed by atoms with Gasteiger partial charge in [0.15, 0.2) is 11.5 Å². The van der Waals surface area contributed by atoms with Crippen LogP contribution in [0.1, 0.15) is 37.9 Å². The number of furan rings is 1. The molecule has 1 saturated heterocycles. The van der Waals surface area contributed by atoms with Crippen molar-refractivity contribution in [1.82, 2.24) is 14.4 Å². The molecule has 2 aromatic heterocycles. The van der Waals surface area contributed by atoms with Gasteiger partial charge in [-0.1, -0.05) is 12.1 Å². The van der Waals surface area contributed by atoms with Crippen LogP contribution in [0.4, 0.5) is 4.39 Å². The van der Waals surface area contributed by atoms with Gasteiger partial charge in [-0.25, -0.2) is 4.39 Å². The maximum atomic E-state index is 13.2. The Morgan fingerprint density at radius 2 is 1.74 bits per heavy atom. The van der Waals surface area contributed by atoms with Crippen molar-refractivity contribution in [2.45, 2.75) is 20.4 Å². The molecule has 3 aromatic rings. The highest BCUT2D eigenvalue weighted by atomic mass is 19.1. The third kappa shape index (κ3) is 4.61. The largest absolute Gasteiger partial charge is 0.459 e. The van der Waals surface area contributed by atoms with Crippen molar-refractivity contribution >= 4 is 11.7 Å². The van der Waals surface area contributed by atoms with Crippen LogP contribution in [-0.2, 0) is 6.54 Å². The zero-order valence-electron chi connectivity index (χ0n) is 17.8. The first kappa shape index (κ1) is 21.1. The van der Waals surface area contributed by atoms with E-state index < -0.39 is 0 Å². The summed E-state index contributed by atoms with van der Waals surface area (Å²) in [7, 11) is 0. The van der Waals surface area contributed by atoms with E-state index in [-0.39, 0.29) is 17.5 Å². The van der Waals surface area contributed by atoms with E-state index in [1.165, 1.54) is 18.4 Å². The number of Topliss-reactive ketones (excluding diaryl/α,β-unsaturated/α-hetero) is 1. The molecular formula is C24H26FN3O3. The van der Waals surface area contributed by atoms with Crippen molar-refractivity contribution in [3.8, 4) is 0 Å². The van der Waals surface area contributed by atoms with Crippen molar-refractivity contribution in [2.24, 2.45) is 0 Å². The van der Waals surface area contributed by atoms with E-state index >= 15 is 0 Å². The summed E-state index contributed by atoms with van der Waals surface area (Å²) in [6.07, 6.45) is 1.49. The lowest BCUT2D eigenvalue weighted by Gasteiger charge is -2.33. The fourth-order valence-electron chi connectivity index (χ4n) is 4.05. The number of nitrogens with zero attached hydrogens (tertiary/aromatic N) is 3. The topological polar surface area (TPSA) is 58.7 Å². The second-order valence-electron chi connectivity index (χ2n) is 7.97. The summed E-state index contributed by atoms with van der Waals surface area (Å²) in [6, 6.07) is 11.7. The molecular weight excluding hydrogens is 397 g/mol. The molecule has 0 radical (unpaired) electrons. The standard InChI is InChI=1S/C24H26FN3O3/c1-17-14-21(18(2)28(17)15-19-5-7-20(25)8-6-19)22(29)16-26-9-11-27(12-10-26)24(30)23-4-3-13-31-23/h3-8,13-14H,9-12,15-16H2,1-2H3. The lowest BCUT2D eigenvalue weighted by molar-refractivity contribution is 0.0596. The SMILES string of the molecule is Cc1cc(C(=O)CN2CCN(C(=O)c3ccco3)CC2)c(C)n1Cc1ccc(F)cc1. The van der Waals surface area contributed by atoms with Gasteiger partial charge in [-0.3, -0.25) is 14.5 Å². The summed E-state index contributed by atoms with van der Waals surface area (Å²) in [4.78, 5) is 29.2. The molecule has 1 amide bonds. The fourth-order valence-corrected chi connectivity index (χ4v) is 4.05. The highest BCUT2D eigenvalue weighted by molar-refractivity contribution is 5.99. The van der Waals surface area contributed by atoms with Crippen LogP contribution >= 0.6 is 0 Å². The average molecular weight is 423 g/mol. The number of hydrogen-bond acceptors (Lipinski definition) is 4. The summed E-state index contributed by atoms with van der Waals surface area (Å²) < 4.78 is 20.5. The number of benzene rings is 1. The molecule has 7 heteroatoms. The maximum Gasteiger partial charge on any atom is 0.289 e. The first-order chi connectivity index (χ1) is 14.9. The number of ketones is 1. The van der Waals surface area contributed by atoms with Gasteiger partial charge in [-0.15, -0.1) is 0 Å². The third-order valence-corrected chi connectivity index (χ3v) is 5.89. The van der Waals surface area contributed by atoms with Crippen LogP contribution < -0.4 is 0 Å². The Hall–Kier alpha value is -3.19. The third-order valence-electron chi connectivity index (χ3n) is 5.89. The van der Waals surface area contributed by atoms with E-state index in [0.717, 1.165) is 17.0 Å². The number of rotatable bonds is 6. The van der Waals surface area contributed by atoms with Crippen LogP contribution in [0.2, 0.25) is 0 Å². The van der Waals surface area contributed by atoms with Crippen LogP contribution in [0.25, 0.3) is 0 Å². The average Bonchev–Trinajstić information content (AvgIpc) is 3.40. The second kappa shape index (κ2) is 8.89. The van der Waals surface area contributed by atoms with Gasteiger partial charge in [-0.05, 0) is 49.7 Å². The van der Waals surface area contributed by atoms with Crippen LogP contribution in [-0.4, -0.2) is 58.8 Å². The number of amides is 1. The van der Waals surface area contributed by atoms with Crippen molar-refractivity contribution < 1.29 is 18.4 Å². The minimum atomic E-state index is -0.258. The molecule has 1 fully saturated rings. The van der Waals surface area contributed by atoms with Crippen molar-refractivity contribution in [3.63, 3.8) is 0 Å². The number of halogens is 1. The van der Waals surface area contributed by atoms with Gasteiger partial charge in [0.2, 0.25) is 0 Å². The van der Waals surface area contributed by atoms with Gasteiger partial charge in [0.25, 0.3) is 5.91 Å². The van der Waals surface area contributed by atoms with E-state index in [1.54, 1.807) is 29.2 Å². The zero-order chi connectivity index (χ0) is 22.0. The number of aromatic nitrogens is 1. The minimum absolute atomic E-state index is 0.0734. The Morgan fingerprint density at radius 3 is 2.39 bits per heavy atom. The van der Waals surface area contributed by atoms with E-state index in [0.29, 0.717) is 50.6 Å². The van der Waals surface area contributed by atoms with Crippen LogP contribution in [0.15, 0.2) is 53.1 Å². The maximum absolute atomic E-state index is 13.2. The van der Waals surface area contributed by atoms with E-state index in [1.807, 2.05) is 19.9 Å². The molecule has 31 heavy (non-hydrogen) atoms. The molecule has 0 N–H and O–H groups in total. The summed E-state index contributed by atoms with van der Waals surface area (Å²) in [5.74, 6) is 0.0502. The number of hydrogen-bond donors (Lipinski definition) is 0. The highest BCUT2D eigenvalue weighted by Crippen LogP contribution is 2.19. The monoisotopic (exact) mass is 423 g/mol. The van der Waals surface area contributed by atoms with E-state index in [2.05, 4.69) is 9.47 Å². The molecule has 0 spiro atoms. The normalized spacial score (nSPS) is 14.7. The Labute approximate surface area is 180 Å². The van der Waals surface area contributed by atoms with Crippen LogP contribution in [0.5, 0.6) is 0 Å². The molecule has 6 nitrogen and oxygen atoms in total. The van der Waals surface area contributed by atoms with Crippen molar-refractivity contribution in [3.05, 3.63) is 82.8 Å². The summed E-state index contributed by atoms with van der Waals surface area (Å²) in [5, 5.41) is 0. The smallest absolute Gasteiger partial charge is 0.289 e. The Balaban J connectivity index is 1.37. The molecule has 4 rings (SSSR count). The van der Waals surface area contributed by atoms with Crippen molar-refractivity contribution in [2.75, 3.05) is 32.7 Å². The molecule has 1 aromatic carbocycles. The first-order valence-corrected chi connectivity index (χ1v) is 10.4. The lowest BCUT2D eigenvalue weighted by Crippen LogP contribution is -2.49. The molecule has 0 atom stereocenters. The Morgan fingerprint density at radius 1 is 1.03 bits per heavy atom. The summed E-state index contributed by atoms with van der Waals surface area (Å²) in [5.41, 5.74) is 3.62. The first-order valence-electron chi connectivity index (χ1n) is 10.4. The number of carbonyl (C=O) groups is 2. The van der Waals surface area contributed by atoms with Gasteiger partial charge in [0, 0.05) is 49.7 Å². The molecule has 162 valence electrons. The molecule has 1 aliphatic heterocycles. The predicted molar refractivity (Wildman–Crippen MR) is 115 cm³/mol. The molecule has 0 aliphatic carbocycles. The van der Waals surface area contributed by atoms with Gasteiger partial charge < -0.3 is 13.9 Å². The zero-order valence-corrected chi connectivity index (χ0v) is 17.8. The molecule has 0 unspecified atom stereocenters. The van der Waals surface area contributed by atoms with E-state index in [9.17, 15) is 14.0 Å². The molecule has 0 bridgehead atoms. The summed E-state index contributed by atoms with van der Waals surface area (Å²) >= 11 is 0. The summed E-state index contributed by atoms with van der Waals surface area (Å²) in [6.45, 7) is 7.27. The lowest BCUT2D eigenvalue weighted by atomic mass is 10.1. The van der Waals surface area contributed by atoms with Gasteiger partial charge >= 0.3 is 0 Å². The van der Waals surface area contributed by atoms with Gasteiger partial charge in [0.1, 0.15) is 5.82 Å². The molecule has 1 aliphatic rings. The van der Waals surface area contributed by atoms with Crippen LogP contribution in [0.3, 0.4) is 0 Å². The number of aryl methyl sites for hydroxylation is 1. The molecule has 3 heterocycles. The minimum Gasteiger partial charge on any atom is -0.459 e.